The third-order valence-electron chi connectivity index (χ3n) is 2.74. The number of aromatic nitrogens is 1. The van der Waals surface area contributed by atoms with Crippen LogP contribution in [0.15, 0.2) is 24.5 Å². The van der Waals surface area contributed by atoms with Crippen LogP contribution in [-0.2, 0) is 0 Å². The highest BCUT2D eigenvalue weighted by Crippen LogP contribution is 2.10. The van der Waals surface area contributed by atoms with Crippen molar-refractivity contribution < 1.29 is 5.11 Å². The van der Waals surface area contributed by atoms with Crippen molar-refractivity contribution in [1.29, 1.82) is 0 Å². The number of pyridine rings is 1. The molecule has 0 amide bonds. The Morgan fingerprint density at radius 1 is 1.19 bits per heavy atom. The van der Waals surface area contributed by atoms with E-state index in [2.05, 4.69) is 17.2 Å². The Hall–Kier alpha value is -0.930. The molecule has 0 aliphatic carbocycles. The Morgan fingerprint density at radius 3 is 2.56 bits per heavy atom. The Balaban J connectivity index is 2.09. The number of hydrogen-bond donors (Lipinski definition) is 2. The van der Waals surface area contributed by atoms with Crippen LogP contribution in [-0.4, -0.2) is 23.2 Å². The van der Waals surface area contributed by atoms with E-state index in [0.29, 0.717) is 12.6 Å². The molecule has 90 valence electrons. The zero-order valence-electron chi connectivity index (χ0n) is 10.0. The molecule has 1 aromatic rings. The summed E-state index contributed by atoms with van der Waals surface area (Å²) >= 11 is 0. The van der Waals surface area contributed by atoms with E-state index in [1.807, 2.05) is 24.5 Å². The number of hydrogen-bond acceptors (Lipinski definition) is 3. The molecule has 0 radical (unpaired) electrons. The first-order valence-corrected chi connectivity index (χ1v) is 6.08. The molecule has 0 bridgehead atoms. The summed E-state index contributed by atoms with van der Waals surface area (Å²) in [4.78, 5) is 4.01. The molecule has 0 aliphatic heterocycles. The van der Waals surface area contributed by atoms with E-state index >= 15 is 0 Å². The Kier molecular flexibility index (Phi) is 6.77. The lowest BCUT2D eigenvalue weighted by atomic mass is 10.1. The topological polar surface area (TPSA) is 45.1 Å². The van der Waals surface area contributed by atoms with Crippen molar-refractivity contribution >= 4 is 0 Å². The monoisotopic (exact) mass is 222 g/mol. The van der Waals surface area contributed by atoms with Crippen LogP contribution < -0.4 is 5.32 Å². The lowest BCUT2D eigenvalue weighted by molar-refractivity contribution is 0.282. The number of aliphatic hydroxyl groups excluding tert-OH is 1. The van der Waals surface area contributed by atoms with Crippen LogP contribution in [0.4, 0.5) is 0 Å². The van der Waals surface area contributed by atoms with Crippen molar-refractivity contribution in [3.05, 3.63) is 30.1 Å². The molecule has 0 saturated heterocycles. The van der Waals surface area contributed by atoms with E-state index in [1.54, 1.807) is 0 Å². The highest BCUT2D eigenvalue weighted by molar-refractivity contribution is 5.13. The maximum absolute atomic E-state index is 8.64. The lowest BCUT2D eigenvalue weighted by Gasteiger charge is -2.13. The van der Waals surface area contributed by atoms with Gasteiger partial charge in [-0.25, -0.2) is 0 Å². The Morgan fingerprint density at radius 2 is 1.88 bits per heavy atom. The quantitative estimate of drug-likeness (QED) is 0.663. The van der Waals surface area contributed by atoms with Gasteiger partial charge in [0.2, 0.25) is 0 Å². The van der Waals surface area contributed by atoms with Crippen LogP contribution in [0, 0.1) is 0 Å². The van der Waals surface area contributed by atoms with E-state index in [-0.39, 0.29) is 0 Å². The second-order valence-electron chi connectivity index (χ2n) is 4.09. The average Bonchev–Trinajstić information content (AvgIpc) is 2.34. The first-order valence-electron chi connectivity index (χ1n) is 6.08. The molecule has 2 N–H and O–H groups in total. The van der Waals surface area contributed by atoms with Gasteiger partial charge in [0.1, 0.15) is 0 Å². The summed E-state index contributed by atoms with van der Waals surface area (Å²) in [5.41, 5.74) is 1.28. The van der Waals surface area contributed by atoms with Gasteiger partial charge in [0.05, 0.1) is 0 Å². The summed E-state index contributed by atoms with van der Waals surface area (Å²) < 4.78 is 0. The first-order chi connectivity index (χ1) is 7.84. The van der Waals surface area contributed by atoms with E-state index in [4.69, 9.17) is 5.11 Å². The maximum Gasteiger partial charge on any atom is 0.0431 e. The van der Waals surface area contributed by atoms with E-state index < -0.39 is 0 Å². The Labute approximate surface area is 97.9 Å². The van der Waals surface area contributed by atoms with Gasteiger partial charge in [0, 0.05) is 25.0 Å². The summed E-state index contributed by atoms with van der Waals surface area (Å²) in [5.74, 6) is 0. The number of nitrogens with zero attached hydrogens (tertiary/aromatic N) is 1. The summed E-state index contributed by atoms with van der Waals surface area (Å²) in [6, 6.07) is 4.48. The largest absolute Gasteiger partial charge is 0.396 e. The van der Waals surface area contributed by atoms with E-state index in [1.165, 1.54) is 18.4 Å². The van der Waals surface area contributed by atoms with Crippen molar-refractivity contribution in [1.82, 2.24) is 10.3 Å². The number of aliphatic hydroxyl groups is 1. The molecular formula is C13H22N2O. The average molecular weight is 222 g/mol. The zero-order chi connectivity index (χ0) is 11.6. The molecule has 1 heterocycles. The fourth-order valence-corrected chi connectivity index (χ4v) is 1.68. The van der Waals surface area contributed by atoms with E-state index in [0.717, 1.165) is 19.4 Å². The smallest absolute Gasteiger partial charge is 0.0431 e. The van der Waals surface area contributed by atoms with Crippen molar-refractivity contribution in [3.8, 4) is 0 Å². The van der Waals surface area contributed by atoms with Crippen LogP contribution in [0.25, 0.3) is 0 Å². The normalized spacial score (nSPS) is 12.6. The van der Waals surface area contributed by atoms with Gasteiger partial charge in [-0.05, 0) is 44.0 Å². The van der Waals surface area contributed by atoms with E-state index in [9.17, 15) is 0 Å². The molecule has 3 heteroatoms. The molecule has 16 heavy (non-hydrogen) atoms. The molecule has 0 unspecified atom stereocenters. The number of unbranched alkanes of at least 4 members (excludes halogenated alkanes) is 3. The molecule has 0 saturated carbocycles. The number of rotatable bonds is 8. The SMILES string of the molecule is C[C@@H](NCCCCCCO)c1ccncc1. The third kappa shape index (κ3) is 5.24. The van der Waals surface area contributed by atoms with Gasteiger partial charge in [-0.15, -0.1) is 0 Å². The fourth-order valence-electron chi connectivity index (χ4n) is 1.68. The summed E-state index contributed by atoms with van der Waals surface area (Å²) in [7, 11) is 0. The molecule has 0 aliphatic rings. The molecule has 0 fully saturated rings. The summed E-state index contributed by atoms with van der Waals surface area (Å²) in [6.45, 7) is 3.53. The fraction of sp³-hybridized carbons (Fsp3) is 0.615. The number of nitrogens with one attached hydrogen (secondary N) is 1. The van der Waals surface area contributed by atoms with Gasteiger partial charge in [0.25, 0.3) is 0 Å². The van der Waals surface area contributed by atoms with Crippen molar-refractivity contribution in [2.24, 2.45) is 0 Å². The van der Waals surface area contributed by atoms with Gasteiger partial charge >= 0.3 is 0 Å². The van der Waals surface area contributed by atoms with Crippen molar-refractivity contribution in [2.45, 2.75) is 38.6 Å². The van der Waals surface area contributed by atoms with Crippen LogP contribution in [0.3, 0.4) is 0 Å². The minimum atomic E-state index is 0.320. The molecule has 1 aromatic heterocycles. The molecule has 3 nitrogen and oxygen atoms in total. The van der Waals surface area contributed by atoms with Crippen LogP contribution in [0.2, 0.25) is 0 Å². The standard InChI is InChI=1S/C13H22N2O/c1-12(13-6-9-14-10-7-13)15-8-4-2-3-5-11-16/h6-7,9-10,12,15-16H,2-5,8,11H2,1H3/t12-/m1/s1. The third-order valence-corrected chi connectivity index (χ3v) is 2.74. The Bertz CT molecular complexity index is 264. The molecule has 0 aromatic carbocycles. The highest BCUT2D eigenvalue weighted by Gasteiger charge is 2.02. The summed E-state index contributed by atoms with van der Waals surface area (Å²) in [6.07, 6.45) is 8.08. The van der Waals surface area contributed by atoms with Crippen molar-refractivity contribution in [2.75, 3.05) is 13.2 Å². The second-order valence-corrected chi connectivity index (χ2v) is 4.09. The molecular weight excluding hydrogens is 200 g/mol. The van der Waals surface area contributed by atoms with Crippen molar-refractivity contribution in [3.63, 3.8) is 0 Å². The lowest BCUT2D eigenvalue weighted by Crippen LogP contribution is -2.19. The van der Waals surface area contributed by atoms with Crippen LogP contribution in [0.1, 0.15) is 44.2 Å². The van der Waals surface area contributed by atoms with Gasteiger partial charge in [-0.3, -0.25) is 4.98 Å². The molecule has 1 rings (SSSR count). The predicted octanol–water partition coefficient (Wildman–Crippen LogP) is 2.28. The minimum absolute atomic E-state index is 0.320. The van der Waals surface area contributed by atoms with Gasteiger partial charge in [-0.2, -0.15) is 0 Å². The van der Waals surface area contributed by atoms with Gasteiger partial charge in [-0.1, -0.05) is 12.8 Å². The summed E-state index contributed by atoms with van der Waals surface area (Å²) in [5, 5.41) is 12.1. The van der Waals surface area contributed by atoms with Crippen LogP contribution >= 0.6 is 0 Å². The minimum Gasteiger partial charge on any atom is -0.396 e. The molecule has 1 atom stereocenters. The van der Waals surface area contributed by atoms with Gasteiger partial charge < -0.3 is 10.4 Å². The highest BCUT2D eigenvalue weighted by atomic mass is 16.2. The second kappa shape index (κ2) is 8.25. The van der Waals surface area contributed by atoms with Gasteiger partial charge in [0.15, 0.2) is 0 Å². The van der Waals surface area contributed by atoms with Crippen LogP contribution in [0.5, 0.6) is 0 Å². The zero-order valence-corrected chi connectivity index (χ0v) is 10.0. The predicted molar refractivity (Wildman–Crippen MR) is 66.2 cm³/mol. The molecule has 0 spiro atoms. The maximum atomic E-state index is 8.64. The first kappa shape index (κ1) is 13.1.